The van der Waals surface area contributed by atoms with Crippen molar-refractivity contribution in [1.82, 2.24) is 24.5 Å². The number of likely N-dealkylation sites (N-methyl/N-ethyl adjacent to an activating group) is 4. The van der Waals surface area contributed by atoms with Crippen LogP contribution in [0, 0.1) is 5.92 Å². The summed E-state index contributed by atoms with van der Waals surface area (Å²) in [6, 6.07) is 0. The van der Waals surface area contributed by atoms with Crippen molar-refractivity contribution in [3.05, 3.63) is 0 Å². The third-order valence-corrected chi connectivity index (χ3v) is 6.60. The van der Waals surface area contributed by atoms with Crippen LogP contribution in [0.15, 0.2) is 0 Å². The Balaban J connectivity index is 0.000000393. The van der Waals surface area contributed by atoms with Crippen LogP contribution in [0.25, 0.3) is 0 Å². The number of hydrogen-bond acceptors (Lipinski definition) is 5. The van der Waals surface area contributed by atoms with E-state index in [-0.39, 0.29) is 5.91 Å². The van der Waals surface area contributed by atoms with Crippen molar-refractivity contribution in [2.75, 3.05) is 94.1 Å². The van der Waals surface area contributed by atoms with Crippen LogP contribution in [0.2, 0.25) is 0 Å². The van der Waals surface area contributed by atoms with Gasteiger partial charge >= 0.3 is 0 Å². The molecular weight excluding hydrogens is 398 g/mol. The normalized spacial score (nSPS) is 23.5. The average Bonchev–Trinajstić information content (AvgIpc) is 3.27. The second-order valence-electron chi connectivity index (χ2n) is 9.91. The lowest BCUT2D eigenvalue weighted by Gasteiger charge is -2.28. The van der Waals surface area contributed by atoms with Crippen molar-refractivity contribution in [2.45, 2.75) is 65.7 Å². The minimum Gasteiger partial charge on any atom is -0.343 e. The van der Waals surface area contributed by atoms with Crippen LogP contribution >= 0.6 is 0 Å². The second-order valence-corrected chi connectivity index (χ2v) is 9.91. The summed E-state index contributed by atoms with van der Waals surface area (Å²) in [5, 5.41) is 0. The van der Waals surface area contributed by atoms with Gasteiger partial charge < -0.3 is 19.6 Å². The van der Waals surface area contributed by atoms with Crippen molar-refractivity contribution in [3.8, 4) is 0 Å². The SMILES string of the molecule is CC.CC1CCCC1.CN1CCCCC1.CN1CCN(C)C(=O)C1.CN1CCN(C)CC1. The highest BCUT2D eigenvalue weighted by Gasteiger charge is 2.16. The molecular formula is C26H57N5O. The molecule has 3 aliphatic heterocycles. The summed E-state index contributed by atoms with van der Waals surface area (Å²) in [5.41, 5.74) is 0. The molecule has 4 rings (SSSR count). The molecule has 0 aromatic rings. The Kier molecular flexibility index (Phi) is 19.3. The average molecular weight is 456 g/mol. The van der Waals surface area contributed by atoms with Crippen LogP contribution in [-0.4, -0.2) is 125 Å². The number of piperazine rings is 2. The van der Waals surface area contributed by atoms with Crippen molar-refractivity contribution in [3.63, 3.8) is 0 Å². The first-order valence-corrected chi connectivity index (χ1v) is 13.3. The topological polar surface area (TPSA) is 33.3 Å². The number of nitrogens with zero attached hydrogens (tertiary/aromatic N) is 5. The summed E-state index contributed by atoms with van der Waals surface area (Å²) < 4.78 is 0. The minimum absolute atomic E-state index is 0.226. The Morgan fingerprint density at radius 1 is 0.562 bits per heavy atom. The third-order valence-electron chi connectivity index (χ3n) is 6.60. The number of carbonyl (C=O) groups is 1. The smallest absolute Gasteiger partial charge is 0.236 e. The highest BCUT2D eigenvalue weighted by Crippen LogP contribution is 2.22. The Morgan fingerprint density at radius 2 is 0.969 bits per heavy atom. The zero-order valence-electron chi connectivity index (χ0n) is 23.0. The van der Waals surface area contributed by atoms with Crippen LogP contribution in [0.5, 0.6) is 0 Å². The van der Waals surface area contributed by atoms with Crippen LogP contribution < -0.4 is 0 Å². The maximum absolute atomic E-state index is 10.9. The van der Waals surface area contributed by atoms with Crippen molar-refractivity contribution in [2.24, 2.45) is 5.92 Å². The molecule has 3 saturated heterocycles. The number of piperidine rings is 1. The Labute approximate surface area is 201 Å². The third kappa shape index (κ3) is 16.9. The van der Waals surface area contributed by atoms with Crippen LogP contribution in [0.4, 0.5) is 0 Å². The van der Waals surface area contributed by atoms with Crippen molar-refractivity contribution in [1.29, 1.82) is 0 Å². The fourth-order valence-electron chi connectivity index (χ4n) is 3.96. The molecule has 0 N–H and O–H groups in total. The van der Waals surface area contributed by atoms with Crippen molar-refractivity contribution < 1.29 is 4.79 Å². The quantitative estimate of drug-likeness (QED) is 0.558. The number of carbonyl (C=O) groups excluding carboxylic acids is 1. The summed E-state index contributed by atoms with van der Waals surface area (Å²) >= 11 is 0. The summed E-state index contributed by atoms with van der Waals surface area (Å²) in [5.74, 6) is 1.27. The van der Waals surface area contributed by atoms with E-state index in [1.165, 1.54) is 84.2 Å². The molecule has 0 unspecified atom stereocenters. The lowest BCUT2D eigenvalue weighted by atomic mass is 10.1. The highest BCUT2D eigenvalue weighted by atomic mass is 16.2. The molecule has 6 heteroatoms. The molecule has 6 nitrogen and oxygen atoms in total. The summed E-state index contributed by atoms with van der Waals surface area (Å²) in [7, 11) is 10.3. The molecule has 0 atom stereocenters. The molecule has 0 radical (unpaired) electrons. The van der Waals surface area contributed by atoms with Gasteiger partial charge in [-0.3, -0.25) is 9.69 Å². The molecule has 1 saturated carbocycles. The molecule has 0 spiro atoms. The van der Waals surface area contributed by atoms with E-state index in [1.54, 1.807) is 4.90 Å². The molecule has 4 fully saturated rings. The summed E-state index contributed by atoms with van der Waals surface area (Å²) in [6.07, 6.45) is 10.2. The maximum Gasteiger partial charge on any atom is 0.236 e. The predicted octanol–water partition coefficient (Wildman–Crippen LogP) is 3.58. The van der Waals surface area contributed by atoms with E-state index in [4.69, 9.17) is 0 Å². The molecule has 32 heavy (non-hydrogen) atoms. The minimum atomic E-state index is 0.226. The fourth-order valence-corrected chi connectivity index (χ4v) is 3.96. The van der Waals surface area contributed by atoms with E-state index in [2.05, 4.69) is 42.8 Å². The predicted molar refractivity (Wildman–Crippen MR) is 140 cm³/mol. The van der Waals surface area contributed by atoms with Gasteiger partial charge in [-0.1, -0.05) is 52.9 Å². The second kappa shape index (κ2) is 19.7. The van der Waals surface area contributed by atoms with Crippen LogP contribution in [0.3, 0.4) is 0 Å². The van der Waals surface area contributed by atoms with Gasteiger partial charge in [0, 0.05) is 46.3 Å². The molecule has 192 valence electrons. The van der Waals surface area contributed by atoms with Gasteiger partial charge in [-0.2, -0.15) is 0 Å². The number of likely N-dealkylation sites (tertiary alicyclic amines) is 1. The molecule has 1 aliphatic carbocycles. The summed E-state index contributed by atoms with van der Waals surface area (Å²) in [6.45, 7) is 16.4. The molecule has 0 bridgehead atoms. The largest absolute Gasteiger partial charge is 0.343 e. The number of hydrogen-bond donors (Lipinski definition) is 0. The lowest BCUT2D eigenvalue weighted by molar-refractivity contribution is -0.133. The van der Waals surface area contributed by atoms with E-state index in [1.807, 2.05) is 32.8 Å². The zero-order chi connectivity index (χ0) is 24.4. The van der Waals surface area contributed by atoms with Gasteiger partial charge in [0.2, 0.25) is 5.91 Å². The first kappa shape index (κ1) is 31.3. The molecule has 1 amide bonds. The first-order chi connectivity index (χ1) is 15.3. The number of rotatable bonds is 0. The van der Waals surface area contributed by atoms with Gasteiger partial charge in [0.25, 0.3) is 0 Å². The van der Waals surface area contributed by atoms with Gasteiger partial charge in [-0.15, -0.1) is 0 Å². The highest BCUT2D eigenvalue weighted by molar-refractivity contribution is 5.78. The van der Waals surface area contributed by atoms with Gasteiger partial charge in [0.15, 0.2) is 0 Å². The van der Waals surface area contributed by atoms with E-state index in [0.29, 0.717) is 6.54 Å². The molecule has 3 heterocycles. The first-order valence-electron chi connectivity index (χ1n) is 13.3. The van der Waals surface area contributed by atoms with Gasteiger partial charge in [-0.25, -0.2) is 0 Å². The fraction of sp³-hybridized carbons (Fsp3) is 0.962. The standard InChI is InChI=1S/C6H12N2O.C6H14N2.C6H13N.C6H12.C2H6/c1-7-3-4-8(2)6(9)5-7;1-7-3-5-8(2)6-4-7;1-7-5-3-2-4-6-7;1-6-4-2-3-5-6;1-2/h3-5H2,1-2H3;3-6H2,1-2H3;2-6H2,1H3;6H,2-5H2,1H3;1-2H3. The molecule has 0 aromatic carbocycles. The Bertz CT molecular complexity index is 418. The van der Waals surface area contributed by atoms with Crippen LogP contribution in [0.1, 0.15) is 65.7 Å². The maximum atomic E-state index is 10.9. The van der Waals surface area contributed by atoms with Gasteiger partial charge in [-0.05, 0) is 60.0 Å². The molecule has 0 aromatic heterocycles. The Hall–Kier alpha value is -0.690. The Morgan fingerprint density at radius 3 is 1.25 bits per heavy atom. The lowest BCUT2D eigenvalue weighted by Crippen LogP contribution is -2.46. The number of amides is 1. The van der Waals surface area contributed by atoms with Gasteiger partial charge in [0.05, 0.1) is 6.54 Å². The van der Waals surface area contributed by atoms with E-state index in [0.717, 1.165) is 19.0 Å². The summed E-state index contributed by atoms with van der Waals surface area (Å²) in [4.78, 5) is 21.8. The molecule has 4 aliphatic rings. The monoisotopic (exact) mass is 455 g/mol. The van der Waals surface area contributed by atoms with Crippen LogP contribution in [-0.2, 0) is 4.79 Å². The van der Waals surface area contributed by atoms with E-state index < -0.39 is 0 Å². The van der Waals surface area contributed by atoms with Crippen molar-refractivity contribution >= 4 is 5.91 Å². The zero-order valence-corrected chi connectivity index (χ0v) is 23.0. The van der Waals surface area contributed by atoms with E-state index >= 15 is 0 Å². The van der Waals surface area contributed by atoms with E-state index in [9.17, 15) is 4.79 Å². The van der Waals surface area contributed by atoms with Gasteiger partial charge in [0.1, 0.15) is 0 Å².